The van der Waals surface area contributed by atoms with E-state index in [4.69, 9.17) is 28.4 Å². The normalized spacial score (nSPS) is 12.7. The predicted octanol–water partition coefficient (Wildman–Crippen LogP) is 2.31. The van der Waals surface area contributed by atoms with E-state index in [2.05, 4.69) is 0 Å². The van der Waals surface area contributed by atoms with Crippen LogP contribution in [-0.2, 0) is 17.8 Å². The van der Waals surface area contributed by atoms with E-state index in [1.54, 1.807) is 24.3 Å². The summed E-state index contributed by atoms with van der Waals surface area (Å²) in [5, 5.41) is 30.5. The van der Waals surface area contributed by atoms with Crippen LogP contribution in [0.2, 0.25) is 0 Å². The molecule has 0 aromatic heterocycles. The first-order valence-electron chi connectivity index (χ1n) is 10.1. The topological polar surface area (TPSA) is 116 Å². The third-order valence-electron chi connectivity index (χ3n) is 4.87. The van der Waals surface area contributed by atoms with Crippen LogP contribution in [0.1, 0.15) is 18.1 Å². The Hall–Kier alpha value is -2.88. The molecule has 0 amide bonds. The third-order valence-corrected chi connectivity index (χ3v) is 4.87. The molecule has 2 atom stereocenters. The average Bonchev–Trinajstić information content (AvgIpc) is 2.80. The van der Waals surface area contributed by atoms with Gasteiger partial charge in [0.2, 0.25) is 11.5 Å². The van der Waals surface area contributed by atoms with Crippen molar-refractivity contribution in [2.24, 2.45) is 0 Å². The molecule has 0 aliphatic rings. The maximum absolute atomic E-state index is 10.7. The molecule has 0 heterocycles. The minimum Gasteiger partial charge on any atom is -0.502 e. The standard InChI is InChI=1S/C23H32O9/c1-6-31-23-19(29-4)8-14(9-20(23)30-5)7-16(25)21(12-24)32-13-15-10-17(27-2)22(26)18(11-15)28-3/h8-11,16,21,24-26H,6-7,12-13H2,1-5H3. The number of methoxy groups -OCH3 is 4. The molecule has 32 heavy (non-hydrogen) atoms. The lowest BCUT2D eigenvalue weighted by atomic mass is 10.0. The monoisotopic (exact) mass is 452 g/mol. The summed E-state index contributed by atoms with van der Waals surface area (Å²) in [5.41, 5.74) is 1.37. The molecule has 0 aliphatic heterocycles. The van der Waals surface area contributed by atoms with Gasteiger partial charge in [0.25, 0.3) is 0 Å². The van der Waals surface area contributed by atoms with E-state index < -0.39 is 18.8 Å². The first kappa shape index (κ1) is 25.4. The van der Waals surface area contributed by atoms with Gasteiger partial charge in [-0.2, -0.15) is 0 Å². The number of ether oxygens (including phenoxy) is 6. The van der Waals surface area contributed by atoms with Crippen molar-refractivity contribution < 1.29 is 43.7 Å². The highest BCUT2D eigenvalue weighted by molar-refractivity contribution is 5.54. The van der Waals surface area contributed by atoms with Crippen LogP contribution in [0.5, 0.6) is 34.5 Å². The fourth-order valence-electron chi connectivity index (χ4n) is 3.23. The summed E-state index contributed by atoms with van der Waals surface area (Å²) in [5.74, 6) is 1.81. The molecule has 0 spiro atoms. The van der Waals surface area contributed by atoms with E-state index in [0.717, 1.165) is 5.56 Å². The highest BCUT2D eigenvalue weighted by atomic mass is 16.5. The van der Waals surface area contributed by atoms with Gasteiger partial charge in [0, 0.05) is 6.42 Å². The second kappa shape index (κ2) is 12.2. The van der Waals surface area contributed by atoms with Crippen LogP contribution in [0.4, 0.5) is 0 Å². The third kappa shape index (κ3) is 6.09. The number of phenolic OH excluding ortho intramolecular Hbond substituents is 1. The smallest absolute Gasteiger partial charge is 0.203 e. The molecule has 2 aromatic carbocycles. The molecule has 0 saturated carbocycles. The first-order chi connectivity index (χ1) is 15.4. The number of aliphatic hydroxyl groups is 2. The number of hydrogen-bond donors (Lipinski definition) is 3. The lowest BCUT2D eigenvalue weighted by molar-refractivity contribution is -0.0701. The molecule has 9 nitrogen and oxygen atoms in total. The van der Waals surface area contributed by atoms with E-state index in [1.165, 1.54) is 28.4 Å². The van der Waals surface area contributed by atoms with Gasteiger partial charge in [0.05, 0.1) is 54.4 Å². The van der Waals surface area contributed by atoms with Gasteiger partial charge in [0.15, 0.2) is 23.0 Å². The highest BCUT2D eigenvalue weighted by Gasteiger charge is 2.23. The van der Waals surface area contributed by atoms with Crippen molar-refractivity contribution in [2.45, 2.75) is 32.2 Å². The maximum Gasteiger partial charge on any atom is 0.203 e. The molecule has 2 aromatic rings. The Morgan fingerprint density at radius 3 is 1.75 bits per heavy atom. The van der Waals surface area contributed by atoms with Gasteiger partial charge in [-0.15, -0.1) is 0 Å². The zero-order valence-electron chi connectivity index (χ0n) is 19.1. The molecule has 3 N–H and O–H groups in total. The Balaban J connectivity index is 2.14. The summed E-state index contributed by atoms with van der Waals surface area (Å²) in [6.45, 7) is 1.98. The van der Waals surface area contributed by atoms with Gasteiger partial charge in [0.1, 0.15) is 6.10 Å². The Bertz CT molecular complexity index is 819. The molecule has 0 bridgehead atoms. The number of phenols is 1. The Labute approximate surface area is 188 Å². The van der Waals surface area contributed by atoms with Gasteiger partial charge < -0.3 is 43.7 Å². The fraction of sp³-hybridized carbons (Fsp3) is 0.478. The average molecular weight is 453 g/mol. The predicted molar refractivity (Wildman–Crippen MR) is 117 cm³/mol. The van der Waals surface area contributed by atoms with Gasteiger partial charge in [-0.25, -0.2) is 0 Å². The van der Waals surface area contributed by atoms with Crippen LogP contribution in [0.25, 0.3) is 0 Å². The molecular formula is C23H32O9. The van der Waals surface area contributed by atoms with Gasteiger partial charge >= 0.3 is 0 Å². The molecule has 0 radical (unpaired) electrons. The molecular weight excluding hydrogens is 420 g/mol. The Morgan fingerprint density at radius 1 is 0.812 bits per heavy atom. The zero-order valence-corrected chi connectivity index (χ0v) is 19.1. The summed E-state index contributed by atoms with van der Waals surface area (Å²) in [7, 11) is 5.91. The molecule has 178 valence electrons. The van der Waals surface area contributed by atoms with Crippen LogP contribution in [-0.4, -0.2) is 69.2 Å². The minimum absolute atomic E-state index is 0.0607. The number of aliphatic hydroxyl groups excluding tert-OH is 2. The summed E-state index contributed by atoms with van der Waals surface area (Å²) in [6.07, 6.45) is -1.68. The number of rotatable bonds is 13. The van der Waals surface area contributed by atoms with E-state index in [1.807, 2.05) is 6.92 Å². The second-order valence-corrected chi connectivity index (χ2v) is 6.91. The van der Waals surface area contributed by atoms with Crippen LogP contribution in [0, 0.1) is 0 Å². The highest BCUT2D eigenvalue weighted by Crippen LogP contribution is 2.39. The number of hydrogen-bond acceptors (Lipinski definition) is 9. The largest absolute Gasteiger partial charge is 0.502 e. The van der Waals surface area contributed by atoms with Crippen molar-refractivity contribution in [1.29, 1.82) is 0 Å². The lowest BCUT2D eigenvalue weighted by Crippen LogP contribution is -2.34. The summed E-state index contributed by atoms with van der Waals surface area (Å²) in [4.78, 5) is 0. The van der Waals surface area contributed by atoms with E-state index in [0.29, 0.717) is 29.4 Å². The van der Waals surface area contributed by atoms with E-state index >= 15 is 0 Å². The quantitative estimate of drug-likeness (QED) is 0.421. The molecule has 2 unspecified atom stereocenters. The summed E-state index contributed by atoms with van der Waals surface area (Å²) >= 11 is 0. The molecule has 0 aliphatic carbocycles. The molecule has 0 fully saturated rings. The lowest BCUT2D eigenvalue weighted by Gasteiger charge is -2.23. The zero-order chi connectivity index (χ0) is 23.7. The minimum atomic E-state index is -1.01. The summed E-state index contributed by atoms with van der Waals surface area (Å²) < 4.78 is 32.4. The fourth-order valence-corrected chi connectivity index (χ4v) is 3.23. The molecule has 2 rings (SSSR count). The van der Waals surface area contributed by atoms with Crippen molar-refractivity contribution in [3.63, 3.8) is 0 Å². The van der Waals surface area contributed by atoms with Gasteiger partial charge in [-0.1, -0.05) is 0 Å². The van der Waals surface area contributed by atoms with Crippen molar-refractivity contribution in [3.05, 3.63) is 35.4 Å². The Kier molecular flexibility index (Phi) is 9.70. The van der Waals surface area contributed by atoms with Crippen LogP contribution >= 0.6 is 0 Å². The second-order valence-electron chi connectivity index (χ2n) is 6.91. The van der Waals surface area contributed by atoms with Gasteiger partial charge in [-0.3, -0.25) is 0 Å². The SMILES string of the molecule is CCOc1c(OC)cc(CC(O)C(CO)OCc2cc(OC)c(O)c(OC)c2)cc1OC. The Morgan fingerprint density at radius 2 is 1.31 bits per heavy atom. The van der Waals surface area contributed by atoms with Crippen molar-refractivity contribution >= 4 is 0 Å². The number of aromatic hydroxyl groups is 1. The van der Waals surface area contributed by atoms with Crippen LogP contribution in [0.3, 0.4) is 0 Å². The van der Waals surface area contributed by atoms with Gasteiger partial charge in [-0.05, 0) is 42.3 Å². The first-order valence-corrected chi connectivity index (χ1v) is 10.1. The van der Waals surface area contributed by atoms with Crippen molar-refractivity contribution in [3.8, 4) is 34.5 Å². The molecule has 0 saturated heterocycles. The maximum atomic E-state index is 10.7. The van der Waals surface area contributed by atoms with Crippen molar-refractivity contribution in [1.82, 2.24) is 0 Å². The van der Waals surface area contributed by atoms with Crippen LogP contribution < -0.4 is 23.7 Å². The van der Waals surface area contributed by atoms with Crippen molar-refractivity contribution in [2.75, 3.05) is 41.7 Å². The molecule has 9 heteroatoms. The number of benzene rings is 2. The van der Waals surface area contributed by atoms with Crippen LogP contribution in [0.15, 0.2) is 24.3 Å². The summed E-state index contributed by atoms with van der Waals surface area (Å²) in [6, 6.07) is 6.70. The van der Waals surface area contributed by atoms with E-state index in [9.17, 15) is 15.3 Å². The van der Waals surface area contributed by atoms with E-state index in [-0.39, 0.29) is 30.3 Å².